The maximum Gasteiger partial charge on any atom is 0.0805 e. The Hall–Kier alpha value is -0.200. The molecular formula is C16H33NO4. The molecule has 0 bridgehead atoms. The van der Waals surface area contributed by atoms with Gasteiger partial charge in [-0.1, -0.05) is 13.3 Å². The van der Waals surface area contributed by atoms with E-state index in [2.05, 4.69) is 6.92 Å². The molecule has 21 heavy (non-hydrogen) atoms. The molecule has 0 radical (unpaired) electrons. The molecule has 0 aromatic carbocycles. The molecule has 0 aliphatic heterocycles. The topological polar surface area (TPSA) is 62.9 Å². The molecule has 0 spiro atoms. The fraction of sp³-hybridized carbons (Fsp3) is 1.00. The number of rotatable bonds is 12. The van der Waals surface area contributed by atoms with Gasteiger partial charge in [0.2, 0.25) is 0 Å². The normalized spacial score (nSPS) is 26.1. The van der Waals surface area contributed by atoms with E-state index in [-0.39, 0.29) is 5.60 Å². The Kier molecular flexibility index (Phi) is 10.2. The van der Waals surface area contributed by atoms with Gasteiger partial charge in [0.05, 0.1) is 45.2 Å². The van der Waals surface area contributed by atoms with Gasteiger partial charge in [0.15, 0.2) is 0 Å². The van der Waals surface area contributed by atoms with E-state index in [4.69, 9.17) is 24.7 Å². The molecular weight excluding hydrogens is 270 g/mol. The highest BCUT2D eigenvalue weighted by Crippen LogP contribution is 2.35. The number of methoxy groups -OCH3 is 1. The summed E-state index contributed by atoms with van der Waals surface area (Å²) < 4.78 is 21.8. The van der Waals surface area contributed by atoms with Gasteiger partial charge < -0.3 is 24.7 Å². The van der Waals surface area contributed by atoms with Crippen LogP contribution in [-0.2, 0) is 18.9 Å². The lowest BCUT2D eigenvalue weighted by atomic mass is 9.77. The van der Waals surface area contributed by atoms with Crippen LogP contribution in [0.4, 0.5) is 0 Å². The summed E-state index contributed by atoms with van der Waals surface area (Å²) in [6.07, 6.45) is 5.92. The van der Waals surface area contributed by atoms with Crippen molar-refractivity contribution in [2.24, 2.45) is 11.7 Å². The summed E-state index contributed by atoms with van der Waals surface area (Å²) in [4.78, 5) is 0. The average molecular weight is 303 g/mol. The van der Waals surface area contributed by atoms with Crippen molar-refractivity contribution >= 4 is 0 Å². The van der Waals surface area contributed by atoms with Crippen molar-refractivity contribution in [3.63, 3.8) is 0 Å². The molecule has 0 unspecified atom stereocenters. The van der Waals surface area contributed by atoms with Gasteiger partial charge in [-0.2, -0.15) is 0 Å². The zero-order chi connectivity index (χ0) is 15.4. The number of hydrogen-bond acceptors (Lipinski definition) is 5. The summed E-state index contributed by atoms with van der Waals surface area (Å²) in [5, 5.41) is 0. The van der Waals surface area contributed by atoms with Crippen LogP contribution in [0.2, 0.25) is 0 Å². The number of ether oxygens (including phenoxy) is 4. The minimum atomic E-state index is -0.107. The van der Waals surface area contributed by atoms with Crippen molar-refractivity contribution in [1.82, 2.24) is 0 Å². The van der Waals surface area contributed by atoms with E-state index in [1.54, 1.807) is 7.11 Å². The predicted molar refractivity (Wildman–Crippen MR) is 83.5 cm³/mol. The summed E-state index contributed by atoms with van der Waals surface area (Å²) in [5.41, 5.74) is 5.83. The SMILES string of the molecule is CCC1CCC(CN)(OCCOCCOCCOC)CC1. The quantitative estimate of drug-likeness (QED) is 0.559. The monoisotopic (exact) mass is 303 g/mol. The molecule has 1 saturated carbocycles. The Morgan fingerprint density at radius 2 is 1.52 bits per heavy atom. The molecule has 1 aliphatic rings. The number of hydrogen-bond donors (Lipinski definition) is 1. The minimum absolute atomic E-state index is 0.107. The van der Waals surface area contributed by atoms with Crippen molar-refractivity contribution in [2.45, 2.75) is 44.6 Å². The second-order valence-corrected chi connectivity index (χ2v) is 5.80. The standard InChI is InChI=1S/C16H33NO4/c1-3-15-4-6-16(14-17,7-5-15)21-13-12-20-11-10-19-9-8-18-2/h15H,3-14,17H2,1-2H3. The highest BCUT2D eigenvalue weighted by molar-refractivity contribution is 4.88. The van der Waals surface area contributed by atoms with Crippen LogP contribution < -0.4 is 5.73 Å². The first-order valence-electron chi connectivity index (χ1n) is 8.25. The van der Waals surface area contributed by atoms with Crippen LogP contribution in [0.15, 0.2) is 0 Å². The van der Waals surface area contributed by atoms with E-state index in [1.165, 1.54) is 19.3 Å². The average Bonchev–Trinajstić information content (AvgIpc) is 2.54. The molecule has 0 aromatic rings. The third kappa shape index (κ3) is 7.56. The van der Waals surface area contributed by atoms with Crippen molar-refractivity contribution in [3.8, 4) is 0 Å². The minimum Gasteiger partial charge on any atom is -0.382 e. The molecule has 126 valence electrons. The van der Waals surface area contributed by atoms with Crippen LogP contribution in [-0.4, -0.2) is 58.9 Å². The fourth-order valence-electron chi connectivity index (χ4n) is 2.80. The molecule has 1 rings (SSSR count). The van der Waals surface area contributed by atoms with Crippen LogP contribution >= 0.6 is 0 Å². The van der Waals surface area contributed by atoms with E-state index in [9.17, 15) is 0 Å². The van der Waals surface area contributed by atoms with E-state index in [0.717, 1.165) is 18.8 Å². The van der Waals surface area contributed by atoms with E-state index >= 15 is 0 Å². The van der Waals surface area contributed by atoms with E-state index in [1.807, 2.05) is 0 Å². The van der Waals surface area contributed by atoms with Gasteiger partial charge in [-0.25, -0.2) is 0 Å². The first-order chi connectivity index (χ1) is 10.3. The van der Waals surface area contributed by atoms with Crippen LogP contribution in [0.25, 0.3) is 0 Å². The summed E-state index contributed by atoms with van der Waals surface area (Å²) in [6, 6.07) is 0. The Balaban J connectivity index is 2.02. The zero-order valence-electron chi connectivity index (χ0n) is 13.8. The lowest BCUT2D eigenvalue weighted by Gasteiger charge is -2.39. The highest BCUT2D eigenvalue weighted by Gasteiger charge is 2.34. The van der Waals surface area contributed by atoms with Crippen LogP contribution in [0.3, 0.4) is 0 Å². The van der Waals surface area contributed by atoms with Gasteiger partial charge in [0, 0.05) is 13.7 Å². The molecule has 0 heterocycles. The molecule has 1 aliphatic carbocycles. The van der Waals surface area contributed by atoms with Gasteiger partial charge in [-0.3, -0.25) is 0 Å². The van der Waals surface area contributed by atoms with Gasteiger partial charge >= 0.3 is 0 Å². The molecule has 2 N–H and O–H groups in total. The van der Waals surface area contributed by atoms with Gasteiger partial charge in [0.25, 0.3) is 0 Å². The second-order valence-electron chi connectivity index (χ2n) is 5.80. The highest BCUT2D eigenvalue weighted by atomic mass is 16.6. The third-order valence-electron chi connectivity index (χ3n) is 4.41. The summed E-state index contributed by atoms with van der Waals surface area (Å²) >= 11 is 0. The largest absolute Gasteiger partial charge is 0.382 e. The van der Waals surface area contributed by atoms with Gasteiger partial charge in [-0.05, 0) is 31.6 Å². The Morgan fingerprint density at radius 1 is 0.952 bits per heavy atom. The molecule has 0 aromatic heterocycles. The van der Waals surface area contributed by atoms with Crippen LogP contribution in [0.5, 0.6) is 0 Å². The maximum absolute atomic E-state index is 6.05. The van der Waals surface area contributed by atoms with Gasteiger partial charge in [-0.15, -0.1) is 0 Å². The third-order valence-corrected chi connectivity index (χ3v) is 4.41. The van der Waals surface area contributed by atoms with Crippen molar-refractivity contribution < 1.29 is 18.9 Å². The zero-order valence-corrected chi connectivity index (χ0v) is 13.8. The maximum atomic E-state index is 6.05. The van der Waals surface area contributed by atoms with Gasteiger partial charge in [0.1, 0.15) is 0 Å². The summed E-state index contributed by atoms with van der Waals surface area (Å²) in [6.45, 7) is 6.54. The number of nitrogens with two attached hydrogens (primary N) is 1. The predicted octanol–water partition coefficient (Wildman–Crippen LogP) is 1.98. The smallest absolute Gasteiger partial charge is 0.0805 e. The van der Waals surface area contributed by atoms with E-state index in [0.29, 0.717) is 46.2 Å². The van der Waals surface area contributed by atoms with E-state index < -0.39 is 0 Å². The van der Waals surface area contributed by atoms with Crippen molar-refractivity contribution in [3.05, 3.63) is 0 Å². The van der Waals surface area contributed by atoms with Crippen molar-refractivity contribution in [2.75, 3.05) is 53.3 Å². The molecule has 0 amide bonds. The first kappa shape index (κ1) is 18.8. The summed E-state index contributed by atoms with van der Waals surface area (Å²) in [5.74, 6) is 0.855. The molecule has 5 nitrogen and oxygen atoms in total. The Bertz CT molecular complexity index is 242. The molecule has 0 atom stereocenters. The summed E-state index contributed by atoms with van der Waals surface area (Å²) in [7, 11) is 1.67. The molecule has 1 fully saturated rings. The van der Waals surface area contributed by atoms with Crippen molar-refractivity contribution in [1.29, 1.82) is 0 Å². The Morgan fingerprint density at radius 3 is 2.05 bits per heavy atom. The van der Waals surface area contributed by atoms with Crippen LogP contribution in [0, 0.1) is 5.92 Å². The molecule has 0 saturated heterocycles. The lowest BCUT2D eigenvalue weighted by molar-refractivity contribution is -0.0914. The van der Waals surface area contributed by atoms with Crippen LogP contribution in [0.1, 0.15) is 39.0 Å². The second kappa shape index (κ2) is 11.4. The lowest BCUT2D eigenvalue weighted by Crippen LogP contribution is -2.44. The first-order valence-corrected chi connectivity index (χ1v) is 8.25. The Labute approximate surface area is 129 Å². The molecule has 5 heteroatoms. The fourth-order valence-corrected chi connectivity index (χ4v) is 2.80.